The van der Waals surface area contributed by atoms with Gasteiger partial charge in [0, 0.05) is 11.3 Å². The lowest BCUT2D eigenvalue weighted by atomic mass is 10.2. The largest absolute Gasteiger partial charge is 0.389 e. The van der Waals surface area contributed by atoms with E-state index in [9.17, 15) is 4.79 Å². The van der Waals surface area contributed by atoms with Gasteiger partial charge in [0.25, 0.3) is 0 Å². The zero-order chi connectivity index (χ0) is 13.7. The summed E-state index contributed by atoms with van der Waals surface area (Å²) in [6, 6.07) is 16.0. The Kier molecular flexibility index (Phi) is 4.10. The lowest BCUT2D eigenvalue weighted by Gasteiger charge is -2.10. The molecule has 19 heavy (non-hydrogen) atoms. The summed E-state index contributed by atoms with van der Waals surface area (Å²) in [5.74, 6) is 0. The minimum absolute atomic E-state index is 0.246. The average molecular weight is 271 g/mol. The number of nitrogens with one attached hydrogen (secondary N) is 2. The molecule has 0 aromatic heterocycles. The molecule has 0 heterocycles. The zero-order valence-corrected chi connectivity index (χ0v) is 10.9. The van der Waals surface area contributed by atoms with Crippen molar-refractivity contribution in [1.29, 1.82) is 0 Å². The second-order valence-electron chi connectivity index (χ2n) is 3.85. The SMILES string of the molecule is NC(=S)c1ccccc1NC(=O)Nc1ccccc1. The Morgan fingerprint density at radius 1 is 0.947 bits per heavy atom. The molecule has 0 radical (unpaired) electrons. The standard InChI is InChI=1S/C14H13N3OS/c15-13(19)11-8-4-5-9-12(11)17-14(18)16-10-6-2-1-3-7-10/h1-9H,(H2,15,19)(H2,16,17,18). The second kappa shape index (κ2) is 5.97. The molecule has 2 aromatic rings. The minimum atomic E-state index is -0.338. The molecule has 0 atom stereocenters. The Bertz CT molecular complexity index is 599. The van der Waals surface area contributed by atoms with Crippen LogP contribution in [0.5, 0.6) is 0 Å². The van der Waals surface area contributed by atoms with Gasteiger partial charge in [0.2, 0.25) is 0 Å². The van der Waals surface area contributed by atoms with Gasteiger partial charge >= 0.3 is 6.03 Å². The average Bonchev–Trinajstić information content (AvgIpc) is 2.40. The molecular formula is C14H13N3OS. The first-order chi connectivity index (χ1) is 9.16. The lowest BCUT2D eigenvalue weighted by molar-refractivity contribution is 0.262. The van der Waals surface area contributed by atoms with Crippen LogP contribution in [-0.2, 0) is 0 Å². The fourth-order valence-corrected chi connectivity index (χ4v) is 1.79. The molecule has 0 saturated heterocycles. The molecule has 2 rings (SSSR count). The fraction of sp³-hybridized carbons (Fsp3) is 0. The van der Waals surface area contributed by atoms with E-state index < -0.39 is 0 Å². The van der Waals surface area contributed by atoms with E-state index in [0.29, 0.717) is 16.9 Å². The summed E-state index contributed by atoms with van der Waals surface area (Å²) in [5, 5.41) is 5.45. The molecule has 4 N–H and O–H groups in total. The van der Waals surface area contributed by atoms with Gasteiger partial charge in [-0.25, -0.2) is 4.79 Å². The Morgan fingerprint density at radius 3 is 2.26 bits per heavy atom. The van der Waals surface area contributed by atoms with Gasteiger partial charge in [0.15, 0.2) is 0 Å². The summed E-state index contributed by atoms with van der Waals surface area (Å²) >= 11 is 4.94. The number of hydrogen-bond acceptors (Lipinski definition) is 2. The van der Waals surface area contributed by atoms with E-state index >= 15 is 0 Å². The number of rotatable bonds is 3. The molecular weight excluding hydrogens is 258 g/mol. The molecule has 96 valence electrons. The summed E-state index contributed by atoms with van der Waals surface area (Å²) < 4.78 is 0. The van der Waals surface area contributed by atoms with Crippen molar-refractivity contribution in [3.8, 4) is 0 Å². The number of benzene rings is 2. The molecule has 2 amide bonds. The minimum Gasteiger partial charge on any atom is -0.389 e. The van der Waals surface area contributed by atoms with Crippen LogP contribution in [0, 0.1) is 0 Å². The summed E-state index contributed by atoms with van der Waals surface area (Å²) in [5.41, 5.74) is 7.54. The number of hydrogen-bond donors (Lipinski definition) is 3. The van der Waals surface area contributed by atoms with Crippen molar-refractivity contribution in [3.05, 3.63) is 60.2 Å². The first-order valence-corrected chi connectivity index (χ1v) is 6.09. The maximum Gasteiger partial charge on any atom is 0.323 e. The summed E-state index contributed by atoms with van der Waals surface area (Å²) in [7, 11) is 0. The zero-order valence-electron chi connectivity index (χ0n) is 10.1. The molecule has 0 aliphatic rings. The van der Waals surface area contributed by atoms with Gasteiger partial charge < -0.3 is 16.4 Å². The van der Waals surface area contributed by atoms with Gasteiger partial charge in [-0.1, -0.05) is 42.5 Å². The maximum absolute atomic E-state index is 11.9. The molecule has 0 spiro atoms. The Balaban J connectivity index is 2.09. The third kappa shape index (κ3) is 3.53. The van der Waals surface area contributed by atoms with Gasteiger partial charge in [0.1, 0.15) is 4.99 Å². The molecule has 2 aromatic carbocycles. The van der Waals surface area contributed by atoms with Crippen molar-refractivity contribution < 1.29 is 4.79 Å². The second-order valence-corrected chi connectivity index (χ2v) is 4.29. The maximum atomic E-state index is 11.9. The van der Waals surface area contributed by atoms with Crippen molar-refractivity contribution in [1.82, 2.24) is 0 Å². The molecule has 0 unspecified atom stereocenters. The number of amides is 2. The third-order valence-corrected chi connectivity index (χ3v) is 2.69. The van der Waals surface area contributed by atoms with Gasteiger partial charge in [-0.3, -0.25) is 0 Å². The van der Waals surface area contributed by atoms with Gasteiger partial charge in [0.05, 0.1) is 5.69 Å². The van der Waals surface area contributed by atoms with Crippen LogP contribution < -0.4 is 16.4 Å². The van der Waals surface area contributed by atoms with Crippen LogP contribution in [0.2, 0.25) is 0 Å². The van der Waals surface area contributed by atoms with Crippen LogP contribution in [0.25, 0.3) is 0 Å². The molecule has 0 saturated carbocycles. The van der Waals surface area contributed by atoms with Crippen LogP contribution in [0.3, 0.4) is 0 Å². The van der Waals surface area contributed by atoms with E-state index in [1.54, 1.807) is 30.3 Å². The topological polar surface area (TPSA) is 67.1 Å². The van der Waals surface area contributed by atoms with Crippen molar-refractivity contribution in [3.63, 3.8) is 0 Å². The van der Waals surface area contributed by atoms with Crippen LogP contribution >= 0.6 is 12.2 Å². The van der Waals surface area contributed by atoms with Crippen LogP contribution in [0.15, 0.2) is 54.6 Å². The Labute approximate surface area is 116 Å². The van der Waals surface area contributed by atoms with Crippen molar-refractivity contribution in [2.45, 2.75) is 0 Å². The lowest BCUT2D eigenvalue weighted by Crippen LogP contribution is -2.22. The van der Waals surface area contributed by atoms with Crippen molar-refractivity contribution >= 4 is 34.6 Å². The van der Waals surface area contributed by atoms with E-state index in [1.165, 1.54) is 0 Å². The predicted molar refractivity (Wildman–Crippen MR) is 81.4 cm³/mol. The quantitative estimate of drug-likeness (QED) is 0.752. The number of para-hydroxylation sites is 2. The number of anilines is 2. The summed E-state index contributed by atoms with van der Waals surface area (Å²) in [6.45, 7) is 0. The molecule has 0 aliphatic heterocycles. The summed E-state index contributed by atoms with van der Waals surface area (Å²) in [6.07, 6.45) is 0. The smallest absolute Gasteiger partial charge is 0.323 e. The highest BCUT2D eigenvalue weighted by molar-refractivity contribution is 7.80. The van der Waals surface area contributed by atoms with Gasteiger partial charge in [-0.15, -0.1) is 0 Å². The van der Waals surface area contributed by atoms with Crippen LogP contribution in [0.4, 0.5) is 16.2 Å². The molecule has 4 nitrogen and oxygen atoms in total. The van der Waals surface area contributed by atoms with E-state index in [2.05, 4.69) is 10.6 Å². The number of carbonyl (C=O) groups is 1. The number of thiocarbonyl (C=S) groups is 1. The van der Waals surface area contributed by atoms with E-state index in [1.807, 2.05) is 24.3 Å². The number of urea groups is 1. The highest BCUT2D eigenvalue weighted by atomic mass is 32.1. The molecule has 0 fully saturated rings. The predicted octanol–water partition coefficient (Wildman–Crippen LogP) is 2.96. The van der Waals surface area contributed by atoms with E-state index in [-0.39, 0.29) is 11.0 Å². The number of carbonyl (C=O) groups excluding carboxylic acids is 1. The molecule has 0 aliphatic carbocycles. The number of nitrogens with two attached hydrogens (primary N) is 1. The van der Waals surface area contributed by atoms with Crippen molar-refractivity contribution in [2.24, 2.45) is 5.73 Å². The van der Waals surface area contributed by atoms with Crippen molar-refractivity contribution in [2.75, 3.05) is 10.6 Å². The highest BCUT2D eigenvalue weighted by Crippen LogP contribution is 2.15. The molecule has 0 bridgehead atoms. The normalized spacial score (nSPS) is 9.68. The van der Waals surface area contributed by atoms with Gasteiger partial charge in [-0.05, 0) is 24.3 Å². The first kappa shape index (κ1) is 13.0. The highest BCUT2D eigenvalue weighted by Gasteiger charge is 2.07. The monoisotopic (exact) mass is 271 g/mol. The Morgan fingerprint density at radius 2 is 1.58 bits per heavy atom. The fourth-order valence-electron chi connectivity index (χ4n) is 1.61. The first-order valence-electron chi connectivity index (χ1n) is 5.68. The van der Waals surface area contributed by atoms with Gasteiger partial charge in [-0.2, -0.15) is 0 Å². The Hall–Kier alpha value is -2.40. The van der Waals surface area contributed by atoms with E-state index in [0.717, 1.165) is 0 Å². The third-order valence-electron chi connectivity index (χ3n) is 2.47. The van der Waals surface area contributed by atoms with Crippen LogP contribution in [0.1, 0.15) is 5.56 Å². The van der Waals surface area contributed by atoms with Crippen LogP contribution in [-0.4, -0.2) is 11.0 Å². The summed E-state index contributed by atoms with van der Waals surface area (Å²) in [4.78, 5) is 12.1. The van der Waals surface area contributed by atoms with E-state index in [4.69, 9.17) is 18.0 Å². The molecule has 5 heteroatoms.